The number of aryl methyl sites for hydroxylation is 1. The molecule has 1 fully saturated rings. The molecular weight excluding hydrogens is 389 g/mol. The topological polar surface area (TPSA) is 45.2 Å². The summed E-state index contributed by atoms with van der Waals surface area (Å²) >= 11 is 0. The Morgan fingerprint density at radius 2 is 1.94 bits per heavy atom. The second-order valence-electron chi connectivity index (χ2n) is 9.44. The number of halogens is 1. The molecule has 1 aromatic carbocycles. The summed E-state index contributed by atoms with van der Waals surface area (Å²) in [6.45, 7) is 13.9. The number of nitrogens with zero attached hydrogens (tertiary/aromatic N) is 2. The Hall–Kier alpha value is -2.69. The average Bonchev–Trinajstić information content (AvgIpc) is 2.87. The van der Waals surface area contributed by atoms with Gasteiger partial charge in [0.25, 0.3) is 5.91 Å². The Labute approximate surface area is 185 Å². The highest BCUT2D eigenvalue weighted by molar-refractivity contribution is 6.02. The average molecular weight is 424 g/mol. The molecule has 3 rings (SSSR count). The van der Waals surface area contributed by atoms with Gasteiger partial charge in [0.1, 0.15) is 11.6 Å². The van der Waals surface area contributed by atoms with Crippen LogP contribution in [0, 0.1) is 25.1 Å². The van der Waals surface area contributed by atoms with Crippen LogP contribution < -0.4 is 10.2 Å². The first kappa shape index (κ1) is 23.0. The number of allylic oxidation sites excluding steroid dienone is 2. The number of anilines is 1. The van der Waals surface area contributed by atoms with Crippen LogP contribution in [0.5, 0.6) is 0 Å². The Bertz CT molecular complexity index is 990. The molecule has 0 unspecified atom stereocenters. The quantitative estimate of drug-likeness (QED) is 0.639. The lowest BCUT2D eigenvalue weighted by molar-refractivity contribution is 0.0965. The van der Waals surface area contributed by atoms with Gasteiger partial charge in [-0.2, -0.15) is 0 Å². The summed E-state index contributed by atoms with van der Waals surface area (Å²) in [4.78, 5) is 20.3. The van der Waals surface area contributed by atoms with Gasteiger partial charge in [-0.25, -0.2) is 9.37 Å². The monoisotopic (exact) mass is 423 g/mol. The minimum Gasteiger partial charge on any atom is -0.356 e. The standard InChI is InChI=1S/C26H34FN3O/c1-7-18(3)29-25(31)23-19(4)22(20-13-17(2)14-21(27)15-20)16-28-24(23)30-11-8-9-26(5,6)10-12-30/h7,13-16H,8-12H2,1-6H3,(H,29,31)/b18-7+. The van der Waals surface area contributed by atoms with E-state index in [1.54, 1.807) is 6.20 Å². The van der Waals surface area contributed by atoms with E-state index in [-0.39, 0.29) is 17.1 Å². The van der Waals surface area contributed by atoms with Crippen LogP contribution >= 0.6 is 0 Å². The zero-order valence-corrected chi connectivity index (χ0v) is 19.6. The number of hydrogen-bond acceptors (Lipinski definition) is 3. The third kappa shape index (κ3) is 5.33. The minimum atomic E-state index is -0.288. The summed E-state index contributed by atoms with van der Waals surface area (Å²) in [5, 5.41) is 2.98. The SMILES string of the molecule is C/C=C(\C)NC(=O)c1c(N2CCCC(C)(C)CC2)ncc(-c2cc(C)cc(F)c2)c1C. The molecule has 1 amide bonds. The molecule has 1 aliphatic heterocycles. The molecule has 4 nitrogen and oxygen atoms in total. The largest absolute Gasteiger partial charge is 0.356 e. The van der Waals surface area contributed by atoms with E-state index >= 15 is 0 Å². The first-order chi connectivity index (χ1) is 14.6. The van der Waals surface area contributed by atoms with Crippen molar-refractivity contribution in [3.8, 4) is 11.1 Å². The second kappa shape index (κ2) is 9.21. The first-order valence-electron chi connectivity index (χ1n) is 11.1. The number of amides is 1. The molecule has 1 N–H and O–H groups in total. The second-order valence-corrected chi connectivity index (χ2v) is 9.44. The van der Waals surface area contributed by atoms with Crippen LogP contribution in [0.1, 0.15) is 68.4 Å². The van der Waals surface area contributed by atoms with Crippen LogP contribution in [0.4, 0.5) is 10.2 Å². The molecule has 0 radical (unpaired) electrons. The highest BCUT2D eigenvalue weighted by atomic mass is 19.1. The first-order valence-corrected chi connectivity index (χ1v) is 11.1. The normalized spacial score (nSPS) is 16.7. The fraction of sp³-hybridized carbons (Fsp3) is 0.462. The van der Waals surface area contributed by atoms with Crippen molar-refractivity contribution >= 4 is 11.7 Å². The highest BCUT2D eigenvalue weighted by Gasteiger charge is 2.28. The molecule has 0 spiro atoms. The molecule has 0 aliphatic carbocycles. The number of hydrogen-bond donors (Lipinski definition) is 1. The van der Waals surface area contributed by atoms with Gasteiger partial charge in [0.2, 0.25) is 0 Å². The maximum Gasteiger partial charge on any atom is 0.259 e. The summed E-state index contributed by atoms with van der Waals surface area (Å²) in [7, 11) is 0. The number of rotatable bonds is 4. The van der Waals surface area contributed by atoms with E-state index in [4.69, 9.17) is 4.98 Å². The maximum absolute atomic E-state index is 14.1. The molecule has 166 valence electrons. The molecule has 1 aliphatic rings. The molecular formula is C26H34FN3O. The number of aromatic nitrogens is 1. The van der Waals surface area contributed by atoms with Crippen LogP contribution in [0.2, 0.25) is 0 Å². The molecule has 0 atom stereocenters. The Morgan fingerprint density at radius 1 is 1.19 bits per heavy atom. The molecule has 0 saturated carbocycles. The van der Waals surface area contributed by atoms with E-state index in [0.717, 1.165) is 60.3 Å². The van der Waals surface area contributed by atoms with Gasteiger partial charge in [-0.15, -0.1) is 0 Å². The van der Waals surface area contributed by atoms with Crippen molar-refractivity contribution < 1.29 is 9.18 Å². The van der Waals surface area contributed by atoms with E-state index < -0.39 is 0 Å². The Morgan fingerprint density at radius 3 is 2.61 bits per heavy atom. The predicted octanol–water partition coefficient (Wildman–Crippen LogP) is 6.17. The fourth-order valence-corrected chi connectivity index (χ4v) is 4.23. The summed E-state index contributed by atoms with van der Waals surface area (Å²) in [5.41, 5.74) is 4.82. The van der Waals surface area contributed by atoms with E-state index in [0.29, 0.717) is 11.4 Å². The van der Waals surface area contributed by atoms with Crippen LogP contribution in [0.25, 0.3) is 11.1 Å². The van der Waals surface area contributed by atoms with Crippen molar-refractivity contribution in [1.82, 2.24) is 10.3 Å². The third-order valence-electron chi connectivity index (χ3n) is 6.28. The number of pyridine rings is 1. The van der Waals surface area contributed by atoms with Crippen LogP contribution in [-0.4, -0.2) is 24.0 Å². The maximum atomic E-state index is 14.1. The van der Waals surface area contributed by atoms with Crippen LogP contribution in [-0.2, 0) is 0 Å². The number of benzene rings is 1. The summed E-state index contributed by atoms with van der Waals surface area (Å²) in [5.74, 6) is 0.256. The number of carbonyl (C=O) groups is 1. The van der Waals surface area contributed by atoms with Crippen molar-refractivity contribution in [1.29, 1.82) is 0 Å². The lowest BCUT2D eigenvalue weighted by Crippen LogP contribution is -2.31. The molecule has 31 heavy (non-hydrogen) atoms. The molecule has 1 saturated heterocycles. The van der Waals surface area contributed by atoms with Gasteiger partial charge in [0, 0.05) is 30.5 Å². The van der Waals surface area contributed by atoms with Crippen molar-refractivity contribution in [2.45, 2.75) is 60.8 Å². The van der Waals surface area contributed by atoms with Crippen molar-refractivity contribution in [3.05, 3.63) is 58.7 Å². The highest BCUT2D eigenvalue weighted by Crippen LogP contribution is 2.35. The Kier molecular flexibility index (Phi) is 6.83. The molecule has 5 heteroatoms. The smallest absolute Gasteiger partial charge is 0.259 e. The van der Waals surface area contributed by atoms with Gasteiger partial charge >= 0.3 is 0 Å². The lowest BCUT2D eigenvalue weighted by Gasteiger charge is -2.27. The van der Waals surface area contributed by atoms with Crippen LogP contribution in [0.3, 0.4) is 0 Å². The predicted molar refractivity (Wildman–Crippen MR) is 126 cm³/mol. The molecule has 1 aromatic heterocycles. The van der Waals surface area contributed by atoms with Gasteiger partial charge in [0.15, 0.2) is 0 Å². The van der Waals surface area contributed by atoms with Crippen molar-refractivity contribution in [2.24, 2.45) is 5.41 Å². The Balaban J connectivity index is 2.12. The summed E-state index contributed by atoms with van der Waals surface area (Å²) in [6.07, 6.45) is 6.92. The summed E-state index contributed by atoms with van der Waals surface area (Å²) < 4.78 is 14.1. The zero-order chi connectivity index (χ0) is 22.8. The van der Waals surface area contributed by atoms with E-state index in [1.165, 1.54) is 12.1 Å². The van der Waals surface area contributed by atoms with Gasteiger partial charge in [-0.05, 0) is 81.2 Å². The van der Waals surface area contributed by atoms with Gasteiger partial charge in [-0.3, -0.25) is 4.79 Å². The van der Waals surface area contributed by atoms with Gasteiger partial charge < -0.3 is 10.2 Å². The van der Waals surface area contributed by atoms with Crippen LogP contribution in [0.15, 0.2) is 36.2 Å². The van der Waals surface area contributed by atoms with Gasteiger partial charge in [-0.1, -0.05) is 26.0 Å². The number of nitrogens with one attached hydrogen (secondary N) is 1. The van der Waals surface area contributed by atoms with E-state index in [2.05, 4.69) is 24.1 Å². The molecule has 2 aromatic rings. The zero-order valence-electron chi connectivity index (χ0n) is 19.6. The van der Waals surface area contributed by atoms with Gasteiger partial charge in [0.05, 0.1) is 5.56 Å². The molecule has 0 bridgehead atoms. The van der Waals surface area contributed by atoms with E-state index in [1.807, 2.05) is 39.8 Å². The third-order valence-corrected chi connectivity index (χ3v) is 6.28. The fourth-order valence-electron chi connectivity index (χ4n) is 4.23. The van der Waals surface area contributed by atoms with Crippen molar-refractivity contribution in [3.63, 3.8) is 0 Å². The van der Waals surface area contributed by atoms with Crippen molar-refractivity contribution in [2.75, 3.05) is 18.0 Å². The molecule has 2 heterocycles. The minimum absolute atomic E-state index is 0.172. The van der Waals surface area contributed by atoms with E-state index in [9.17, 15) is 9.18 Å². The summed E-state index contributed by atoms with van der Waals surface area (Å²) in [6, 6.07) is 4.94. The number of carbonyl (C=O) groups excluding carboxylic acids is 1. The lowest BCUT2D eigenvalue weighted by atomic mass is 9.85.